The lowest BCUT2D eigenvalue weighted by atomic mass is 10.1. The van der Waals surface area contributed by atoms with Gasteiger partial charge in [0.1, 0.15) is 5.75 Å². The minimum Gasteiger partial charge on any atom is -0.494 e. The highest BCUT2D eigenvalue weighted by Crippen LogP contribution is 2.11. The van der Waals surface area contributed by atoms with E-state index >= 15 is 0 Å². The summed E-state index contributed by atoms with van der Waals surface area (Å²) in [6, 6.07) is 14.9. The molecular weight excluding hydrogens is 262 g/mol. The maximum absolute atomic E-state index is 11.4. The number of hydrogen-bond donors (Lipinski definition) is 1. The van der Waals surface area contributed by atoms with Gasteiger partial charge in [-0.15, -0.1) is 0 Å². The fourth-order valence-corrected chi connectivity index (χ4v) is 1.79. The van der Waals surface area contributed by atoms with Gasteiger partial charge in [0.2, 0.25) is 0 Å². The molecular formula is C18H17NO2. The van der Waals surface area contributed by atoms with Gasteiger partial charge in [-0.3, -0.25) is 4.79 Å². The van der Waals surface area contributed by atoms with E-state index in [1.807, 2.05) is 43.3 Å². The Hall–Kier alpha value is -2.73. The van der Waals surface area contributed by atoms with E-state index in [0.717, 1.165) is 16.9 Å². The number of hydrogen-bond acceptors (Lipinski definition) is 2. The van der Waals surface area contributed by atoms with E-state index in [1.54, 1.807) is 19.2 Å². The molecule has 2 aromatic rings. The van der Waals surface area contributed by atoms with Crippen molar-refractivity contribution in [2.24, 2.45) is 0 Å². The Morgan fingerprint density at radius 3 is 2.00 bits per heavy atom. The van der Waals surface area contributed by atoms with E-state index < -0.39 is 0 Å². The number of amides is 1. The summed E-state index contributed by atoms with van der Waals surface area (Å²) in [6.07, 6.45) is 0. The van der Waals surface area contributed by atoms with Crippen molar-refractivity contribution in [3.63, 3.8) is 0 Å². The third-order valence-electron chi connectivity index (χ3n) is 2.89. The van der Waals surface area contributed by atoms with Crippen molar-refractivity contribution < 1.29 is 9.53 Å². The molecule has 0 heterocycles. The monoisotopic (exact) mass is 279 g/mol. The molecule has 3 heteroatoms. The van der Waals surface area contributed by atoms with Gasteiger partial charge < -0.3 is 10.1 Å². The van der Waals surface area contributed by atoms with Crippen LogP contribution in [-0.4, -0.2) is 19.6 Å². The summed E-state index contributed by atoms with van der Waals surface area (Å²) in [5.41, 5.74) is 2.43. The molecule has 106 valence electrons. The van der Waals surface area contributed by atoms with Crippen LogP contribution in [0.15, 0.2) is 48.5 Å². The molecule has 0 radical (unpaired) electrons. The van der Waals surface area contributed by atoms with Crippen LogP contribution < -0.4 is 10.1 Å². The highest BCUT2D eigenvalue weighted by atomic mass is 16.5. The van der Waals surface area contributed by atoms with Gasteiger partial charge in [0, 0.05) is 23.7 Å². The SMILES string of the molecule is CCOc1ccc(C#Cc2ccc(C(=O)NC)cc2)cc1. The molecule has 21 heavy (non-hydrogen) atoms. The number of ether oxygens (including phenoxy) is 1. The van der Waals surface area contributed by atoms with Crippen LogP contribution in [-0.2, 0) is 0 Å². The zero-order valence-electron chi connectivity index (χ0n) is 12.1. The minimum atomic E-state index is -0.0963. The Balaban J connectivity index is 2.09. The topological polar surface area (TPSA) is 38.3 Å². The number of nitrogens with one attached hydrogen (secondary N) is 1. The van der Waals surface area contributed by atoms with Crippen molar-refractivity contribution in [1.29, 1.82) is 0 Å². The smallest absolute Gasteiger partial charge is 0.251 e. The van der Waals surface area contributed by atoms with Crippen molar-refractivity contribution in [2.75, 3.05) is 13.7 Å². The molecule has 0 bridgehead atoms. The summed E-state index contributed by atoms with van der Waals surface area (Å²) >= 11 is 0. The molecule has 3 nitrogen and oxygen atoms in total. The molecule has 0 aromatic heterocycles. The van der Waals surface area contributed by atoms with Gasteiger partial charge in [0.25, 0.3) is 5.91 Å². The fraction of sp³-hybridized carbons (Fsp3) is 0.167. The van der Waals surface area contributed by atoms with Crippen molar-refractivity contribution in [3.05, 3.63) is 65.2 Å². The first-order chi connectivity index (χ1) is 10.2. The minimum absolute atomic E-state index is 0.0963. The molecule has 0 unspecified atom stereocenters. The average Bonchev–Trinajstić information content (AvgIpc) is 2.54. The Bertz CT molecular complexity index is 661. The van der Waals surface area contributed by atoms with E-state index in [9.17, 15) is 4.79 Å². The van der Waals surface area contributed by atoms with Gasteiger partial charge in [-0.2, -0.15) is 0 Å². The normalized spacial score (nSPS) is 9.43. The number of carbonyl (C=O) groups is 1. The molecule has 0 aliphatic heterocycles. The lowest BCUT2D eigenvalue weighted by molar-refractivity contribution is 0.0963. The second-order valence-electron chi connectivity index (χ2n) is 4.36. The van der Waals surface area contributed by atoms with Crippen LogP contribution in [0.4, 0.5) is 0 Å². The van der Waals surface area contributed by atoms with Crippen molar-refractivity contribution in [3.8, 4) is 17.6 Å². The van der Waals surface area contributed by atoms with Crippen molar-refractivity contribution in [1.82, 2.24) is 5.32 Å². The Morgan fingerprint density at radius 1 is 1.00 bits per heavy atom. The number of rotatable bonds is 3. The van der Waals surface area contributed by atoms with Crippen LogP contribution in [0.2, 0.25) is 0 Å². The zero-order valence-corrected chi connectivity index (χ0v) is 12.1. The van der Waals surface area contributed by atoms with Crippen LogP contribution >= 0.6 is 0 Å². The summed E-state index contributed by atoms with van der Waals surface area (Å²) in [5.74, 6) is 6.91. The van der Waals surface area contributed by atoms with Crippen LogP contribution in [0.25, 0.3) is 0 Å². The van der Waals surface area contributed by atoms with E-state index in [-0.39, 0.29) is 5.91 Å². The van der Waals surface area contributed by atoms with Crippen LogP contribution in [0.3, 0.4) is 0 Å². The van der Waals surface area contributed by atoms with Gasteiger partial charge in [-0.25, -0.2) is 0 Å². The summed E-state index contributed by atoms with van der Waals surface area (Å²) < 4.78 is 5.38. The van der Waals surface area contributed by atoms with E-state index in [0.29, 0.717) is 12.2 Å². The van der Waals surface area contributed by atoms with Crippen LogP contribution in [0.1, 0.15) is 28.4 Å². The van der Waals surface area contributed by atoms with Gasteiger partial charge in [-0.1, -0.05) is 11.8 Å². The number of carbonyl (C=O) groups excluding carboxylic acids is 1. The molecule has 2 rings (SSSR count). The van der Waals surface area contributed by atoms with Gasteiger partial charge in [0.15, 0.2) is 0 Å². The molecule has 0 aliphatic carbocycles. The highest BCUT2D eigenvalue weighted by Gasteiger charge is 2.00. The highest BCUT2D eigenvalue weighted by molar-refractivity contribution is 5.94. The first-order valence-corrected chi connectivity index (χ1v) is 6.80. The van der Waals surface area contributed by atoms with E-state index in [2.05, 4.69) is 17.2 Å². The van der Waals surface area contributed by atoms with Crippen LogP contribution in [0, 0.1) is 11.8 Å². The standard InChI is InChI=1S/C18H17NO2/c1-3-21-17-12-8-15(9-13-17)5-4-14-6-10-16(11-7-14)18(20)19-2/h6-13H,3H2,1-2H3,(H,19,20). The van der Waals surface area contributed by atoms with E-state index in [4.69, 9.17) is 4.74 Å². The maximum atomic E-state index is 11.4. The lowest BCUT2D eigenvalue weighted by Gasteiger charge is -2.01. The quantitative estimate of drug-likeness (QED) is 0.877. The molecule has 0 saturated heterocycles. The molecule has 2 aromatic carbocycles. The molecule has 1 N–H and O–H groups in total. The molecule has 1 amide bonds. The predicted molar refractivity (Wildman–Crippen MR) is 83.4 cm³/mol. The largest absolute Gasteiger partial charge is 0.494 e. The fourth-order valence-electron chi connectivity index (χ4n) is 1.79. The summed E-state index contributed by atoms with van der Waals surface area (Å²) in [5, 5.41) is 2.59. The zero-order chi connectivity index (χ0) is 15.1. The summed E-state index contributed by atoms with van der Waals surface area (Å²) in [4.78, 5) is 11.4. The summed E-state index contributed by atoms with van der Waals surface area (Å²) in [6.45, 7) is 2.61. The molecule has 0 atom stereocenters. The maximum Gasteiger partial charge on any atom is 0.251 e. The Labute approximate surface area is 125 Å². The first-order valence-electron chi connectivity index (χ1n) is 6.80. The van der Waals surface area contributed by atoms with Gasteiger partial charge in [-0.05, 0) is 55.5 Å². The third-order valence-corrected chi connectivity index (χ3v) is 2.89. The van der Waals surface area contributed by atoms with Crippen molar-refractivity contribution in [2.45, 2.75) is 6.92 Å². The summed E-state index contributed by atoms with van der Waals surface area (Å²) in [7, 11) is 1.61. The average molecular weight is 279 g/mol. The van der Waals surface area contributed by atoms with Gasteiger partial charge in [0.05, 0.1) is 6.61 Å². The Morgan fingerprint density at radius 2 is 1.52 bits per heavy atom. The number of benzene rings is 2. The molecule has 0 aliphatic rings. The van der Waals surface area contributed by atoms with Crippen LogP contribution in [0.5, 0.6) is 5.75 Å². The Kier molecular flexibility index (Phi) is 5.00. The van der Waals surface area contributed by atoms with E-state index in [1.165, 1.54) is 0 Å². The predicted octanol–water partition coefficient (Wildman–Crippen LogP) is 2.84. The molecule has 0 fully saturated rings. The molecule has 0 saturated carbocycles. The second kappa shape index (κ2) is 7.16. The lowest BCUT2D eigenvalue weighted by Crippen LogP contribution is -2.17. The third kappa shape index (κ3) is 4.12. The first kappa shape index (κ1) is 14.7. The van der Waals surface area contributed by atoms with Crippen molar-refractivity contribution >= 4 is 5.91 Å². The second-order valence-corrected chi connectivity index (χ2v) is 4.36. The molecule has 0 spiro atoms. The van der Waals surface area contributed by atoms with Gasteiger partial charge >= 0.3 is 0 Å².